The minimum atomic E-state index is 0. The van der Waals surface area contributed by atoms with Gasteiger partial charge in [0.25, 0.3) is 0 Å². The van der Waals surface area contributed by atoms with Crippen LogP contribution in [0.1, 0.15) is 5.56 Å². The first kappa shape index (κ1) is 18.1. The van der Waals surface area contributed by atoms with Crippen molar-refractivity contribution in [1.29, 1.82) is 0 Å². The van der Waals surface area contributed by atoms with Crippen LogP contribution in [0.5, 0.6) is 0 Å². The molecule has 5 rings (SSSR count). The second-order valence-corrected chi connectivity index (χ2v) is 6.39. The van der Waals surface area contributed by atoms with Crippen LogP contribution in [0.4, 0.5) is 0 Å². The molecule has 5 aromatic rings. The van der Waals surface area contributed by atoms with Crippen molar-refractivity contribution < 1.29 is 41.7 Å². The van der Waals surface area contributed by atoms with E-state index in [1.807, 2.05) is 48.1 Å². The number of hydrogen-bond acceptors (Lipinski definition) is 2. The van der Waals surface area contributed by atoms with E-state index in [-0.39, 0.29) is 32.7 Å². The van der Waals surface area contributed by atoms with Gasteiger partial charge in [0.2, 0.25) is 0 Å². The monoisotopic (exact) mass is 427 g/mol. The first-order valence-corrected chi connectivity index (χ1v) is 8.47. The van der Waals surface area contributed by atoms with Crippen LogP contribution in [-0.4, -0.2) is 9.55 Å². The zero-order valence-corrected chi connectivity index (χ0v) is 17.9. The maximum absolute atomic E-state index is 6.27. The number of hydrogen-bond donors (Lipinski definition) is 0. The molecule has 5 heteroatoms. The van der Waals surface area contributed by atoms with Crippen molar-refractivity contribution in [2.75, 3.05) is 0 Å². The van der Waals surface area contributed by atoms with Crippen molar-refractivity contribution in [3.63, 3.8) is 0 Å². The number of para-hydroxylation sites is 1. The summed E-state index contributed by atoms with van der Waals surface area (Å²) in [7, 11) is 2.01. The van der Waals surface area contributed by atoms with Crippen molar-refractivity contribution in [2.45, 2.75) is 6.92 Å². The number of benzene rings is 2. The van der Waals surface area contributed by atoms with E-state index < -0.39 is 0 Å². The van der Waals surface area contributed by atoms with Crippen LogP contribution in [-0.2, 0) is 39.8 Å². The zero-order chi connectivity index (χ0) is 17.7. The van der Waals surface area contributed by atoms with Gasteiger partial charge in [-0.1, -0.05) is 42.2 Å². The third-order valence-corrected chi connectivity index (χ3v) is 4.74. The van der Waals surface area contributed by atoms with Crippen LogP contribution >= 0.6 is 0 Å². The number of fused-ring (bicyclic) bond motifs is 3. The molecule has 3 heterocycles. The summed E-state index contributed by atoms with van der Waals surface area (Å²) in [5.41, 5.74) is 4.82. The number of imidazole rings is 1. The van der Waals surface area contributed by atoms with Crippen LogP contribution in [0, 0.1) is 19.3 Å². The zero-order valence-electron chi connectivity index (χ0n) is 15.1. The molecular formula is C22H16N3OY-. The molecule has 0 amide bonds. The van der Waals surface area contributed by atoms with Gasteiger partial charge in [0.15, 0.2) is 5.82 Å². The van der Waals surface area contributed by atoms with Crippen LogP contribution in [0.2, 0.25) is 0 Å². The summed E-state index contributed by atoms with van der Waals surface area (Å²) >= 11 is 0. The van der Waals surface area contributed by atoms with E-state index in [0.29, 0.717) is 0 Å². The first-order valence-electron chi connectivity index (χ1n) is 8.47. The predicted octanol–water partition coefficient (Wildman–Crippen LogP) is 4.17. The van der Waals surface area contributed by atoms with Gasteiger partial charge in [0, 0.05) is 43.5 Å². The van der Waals surface area contributed by atoms with Gasteiger partial charge in [-0.3, -0.25) is 4.57 Å². The van der Waals surface area contributed by atoms with Crippen molar-refractivity contribution in [1.82, 2.24) is 9.55 Å². The summed E-state index contributed by atoms with van der Waals surface area (Å²) in [6, 6.07) is 16.3. The third-order valence-electron chi connectivity index (χ3n) is 4.74. The Morgan fingerprint density at radius 1 is 1.04 bits per heavy atom. The van der Waals surface area contributed by atoms with Gasteiger partial charge >= 0.3 is 0 Å². The topological polar surface area (TPSA) is 34.8 Å². The van der Waals surface area contributed by atoms with E-state index in [2.05, 4.69) is 47.1 Å². The Hall–Kier alpha value is -2.30. The van der Waals surface area contributed by atoms with Gasteiger partial charge in [-0.05, 0) is 18.6 Å². The average Bonchev–Trinajstić information content (AvgIpc) is 3.23. The van der Waals surface area contributed by atoms with Crippen LogP contribution in [0.3, 0.4) is 0 Å². The molecule has 0 bridgehead atoms. The first-order chi connectivity index (χ1) is 12.7. The standard InChI is InChI=1S/C22H16N3O.Y/c1-15-9-10-18-17-7-3-4-8-19(17)26-21(18)20(15)22-24(2)12-13-25(22)16-6-5-11-23-14-16;/h3-12H,1-2H3;/q-1;. The Morgan fingerprint density at radius 2 is 1.89 bits per heavy atom. The van der Waals surface area contributed by atoms with Crippen LogP contribution in [0.25, 0.3) is 39.0 Å². The molecule has 3 aromatic heterocycles. The Kier molecular flexibility index (Phi) is 4.71. The molecular weight excluding hydrogens is 411 g/mol. The molecule has 129 valence electrons. The minimum Gasteiger partial charge on any atom is -0.456 e. The van der Waals surface area contributed by atoms with Gasteiger partial charge in [-0.15, -0.1) is 6.20 Å². The summed E-state index contributed by atoms with van der Waals surface area (Å²) in [5, 5.41) is 2.24. The molecule has 0 spiro atoms. The maximum Gasteiger partial charge on any atom is 0.188 e. The molecule has 0 aliphatic heterocycles. The Balaban J connectivity index is 0.00000180. The number of aromatic nitrogens is 3. The molecule has 27 heavy (non-hydrogen) atoms. The van der Waals surface area contributed by atoms with Crippen LogP contribution < -0.4 is 4.57 Å². The fraction of sp³-hybridized carbons (Fsp3) is 0.0909. The quantitative estimate of drug-likeness (QED) is 0.313. The smallest absolute Gasteiger partial charge is 0.188 e. The fourth-order valence-corrected chi connectivity index (χ4v) is 3.50. The third kappa shape index (κ3) is 2.84. The molecule has 0 saturated heterocycles. The molecule has 0 atom stereocenters. The summed E-state index contributed by atoms with van der Waals surface area (Å²) in [5.74, 6) is 0.983. The van der Waals surface area contributed by atoms with Gasteiger partial charge < -0.3 is 14.0 Å². The van der Waals surface area contributed by atoms with E-state index in [4.69, 9.17) is 4.42 Å². The van der Waals surface area contributed by atoms with Gasteiger partial charge in [0.05, 0.1) is 25.0 Å². The molecule has 0 saturated carbocycles. The number of pyridine rings is 1. The second-order valence-electron chi connectivity index (χ2n) is 6.39. The van der Waals surface area contributed by atoms with E-state index >= 15 is 0 Å². The van der Waals surface area contributed by atoms with E-state index in [1.54, 1.807) is 6.20 Å². The fourth-order valence-electron chi connectivity index (χ4n) is 3.50. The average molecular weight is 427 g/mol. The summed E-state index contributed by atoms with van der Waals surface area (Å²) in [4.78, 5) is 4.13. The molecule has 0 aliphatic rings. The van der Waals surface area contributed by atoms with Gasteiger partial charge in [-0.2, -0.15) is 12.1 Å². The Morgan fingerprint density at radius 3 is 2.70 bits per heavy atom. The number of rotatable bonds is 2. The minimum absolute atomic E-state index is 0. The van der Waals surface area contributed by atoms with E-state index in [9.17, 15) is 0 Å². The van der Waals surface area contributed by atoms with E-state index in [1.165, 1.54) is 0 Å². The molecule has 4 nitrogen and oxygen atoms in total. The molecule has 1 radical (unpaired) electrons. The van der Waals surface area contributed by atoms with Gasteiger partial charge in [-0.25, -0.2) is 0 Å². The Labute approximate surface area is 182 Å². The van der Waals surface area contributed by atoms with Crippen molar-refractivity contribution in [2.24, 2.45) is 7.05 Å². The number of aryl methyl sites for hydroxylation is 2. The summed E-state index contributed by atoms with van der Waals surface area (Å²) < 4.78 is 10.3. The van der Waals surface area contributed by atoms with E-state index in [0.717, 1.165) is 44.6 Å². The molecule has 2 aromatic carbocycles. The summed E-state index contributed by atoms with van der Waals surface area (Å²) in [6.07, 6.45) is 9.96. The van der Waals surface area contributed by atoms with Crippen molar-refractivity contribution in [3.8, 4) is 17.1 Å². The Bertz CT molecular complexity index is 1260. The van der Waals surface area contributed by atoms with Gasteiger partial charge in [0.1, 0.15) is 11.2 Å². The SMILES string of the molecule is Cc1ccc2c(oc3ccccc32)c1-c1n(C)c[c-][n+]1-c1[c-]nccc1.[Y]. The van der Waals surface area contributed by atoms with Crippen molar-refractivity contribution in [3.05, 3.63) is 78.9 Å². The predicted molar refractivity (Wildman–Crippen MR) is 99.9 cm³/mol. The summed E-state index contributed by atoms with van der Waals surface area (Å²) in [6.45, 7) is 2.10. The maximum atomic E-state index is 6.27. The largest absolute Gasteiger partial charge is 0.456 e. The number of nitrogens with zero attached hydrogens (tertiary/aromatic N) is 3. The normalized spacial score (nSPS) is 11.0. The molecule has 0 aliphatic carbocycles. The van der Waals surface area contributed by atoms with Crippen molar-refractivity contribution >= 4 is 21.9 Å². The second kappa shape index (κ2) is 7.03. The molecule has 0 unspecified atom stereocenters. The number of furan rings is 1. The molecule has 0 fully saturated rings. The molecule has 0 N–H and O–H groups in total. The van der Waals surface area contributed by atoms with Crippen LogP contribution in [0.15, 0.2) is 65.3 Å².